The lowest BCUT2D eigenvalue weighted by Crippen LogP contribution is -2.19. The Morgan fingerprint density at radius 1 is 1.25 bits per heavy atom. The number of nitrogens with zero attached hydrogens (tertiary/aromatic N) is 2. The van der Waals surface area contributed by atoms with E-state index in [1.165, 1.54) is 4.90 Å². The van der Waals surface area contributed by atoms with Gasteiger partial charge in [-0.2, -0.15) is 4.98 Å². The maximum Gasteiger partial charge on any atom is 0.243 e. The van der Waals surface area contributed by atoms with Crippen molar-refractivity contribution in [3.8, 4) is 11.4 Å². The zero-order valence-electron chi connectivity index (χ0n) is 12.2. The molecule has 4 nitrogen and oxygen atoms in total. The molecule has 1 unspecified atom stereocenters. The summed E-state index contributed by atoms with van der Waals surface area (Å²) in [5, 5.41) is 7.40. The quantitative estimate of drug-likeness (QED) is 0.784. The van der Waals surface area contributed by atoms with Crippen LogP contribution < -0.4 is 5.32 Å². The Morgan fingerprint density at radius 3 is 2.65 bits per heavy atom. The second-order valence-corrected chi connectivity index (χ2v) is 5.93. The number of thioether (sulfide) groups is 1. The van der Waals surface area contributed by atoms with E-state index in [4.69, 9.17) is 4.52 Å². The Labute approximate surface area is 124 Å². The molecule has 2 rings (SSSR count). The van der Waals surface area contributed by atoms with Gasteiger partial charge in [0.05, 0.1) is 6.04 Å². The van der Waals surface area contributed by atoms with E-state index in [1.54, 1.807) is 0 Å². The van der Waals surface area contributed by atoms with Gasteiger partial charge in [-0.25, -0.2) is 0 Å². The highest BCUT2D eigenvalue weighted by Gasteiger charge is 2.14. The summed E-state index contributed by atoms with van der Waals surface area (Å²) in [5.41, 5.74) is 0.989. The summed E-state index contributed by atoms with van der Waals surface area (Å²) in [4.78, 5) is 5.72. The SMILES string of the molecule is CCCNC(C)c1nc(-c2ccc(SCC)cc2)no1. The van der Waals surface area contributed by atoms with Crippen LogP contribution >= 0.6 is 11.8 Å². The summed E-state index contributed by atoms with van der Waals surface area (Å²) in [6, 6.07) is 8.36. The lowest BCUT2D eigenvalue weighted by atomic mass is 10.2. The highest BCUT2D eigenvalue weighted by molar-refractivity contribution is 7.99. The van der Waals surface area contributed by atoms with E-state index in [0.717, 1.165) is 24.3 Å². The molecule has 0 aliphatic rings. The predicted molar refractivity (Wildman–Crippen MR) is 82.8 cm³/mol. The average Bonchev–Trinajstić information content (AvgIpc) is 2.96. The molecule has 0 spiro atoms. The second kappa shape index (κ2) is 7.45. The first-order valence-corrected chi connectivity index (χ1v) is 8.03. The van der Waals surface area contributed by atoms with Crippen molar-refractivity contribution >= 4 is 11.8 Å². The molecule has 0 bridgehead atoms. The first-order valence-electron chi connectivity index (χ1n) is 7.04. The zero-order valence-corrected chi connectivity index (χ0v) is 13.0. The van der Waals surface area contributed by atoms with Crippen molar-refractivity contribution in [2.45, 2.75) is 38.1 Å². The Balaban J connectivity index is 2.07. The highest BCUT2D eigenvalue weighted by atomic mass is 32.2. The topological polar surface area (TPSA) is 51.0 Å². The maximum atomic E-state index is 5.33. The van der Waals surface area contributed by atoms with Gasteiger partial charge >= 0.3 is 0 Å². The van der Waals surface area contributed by atoms with Gasteiger partial charge < -0.3 is 9.84 Å². The van der Waals surface area contributed by atoms with Crippen LogP contribution in [-0.2, 0) is 0 Å². The normalized spacial score (nSPS) is 12.6. The molecule has 0 saturated heterocycles. The Hall–Kier alpha value is -1.33. The molecule has 0 saturated carbocycles. The molecule has 1 aromatic heterocycles. The van der Waals surface area contributed by atoms with Gasteiger partial charge in [0.1, 0.15) is 0 Å². The molecule has 1 aromatic carbocycles. The van der Waals surface area contributed by atoms with Crippen LogP contribution in [0.1, 0.15) is 39.1 Å². The highest BCUT2D eigenvalue weighted by Crippen LogP contribution is 2.23. The van der Waals surface area contributed by atoms with Crippen LogP contribution in [0.25, 0.3) is 11.4 Å². The monoisotopic (exact) mass is 291 g/mol. The van der Waals surface area contributed by atoms with Crippen molar-refractivity contribution in [2.75, 3.05) is 12.3 Å². The number of aromatic nitrogens is 2. The zero-order chi connectivity index (χ0) is 14.4. The minimum absolute atomic E-state index is 0.0890. The third-order valence-electron chi connectivity index (χ3n) is 2.94. The van der Waals surface area contributed by atoms with Crippen LogP contribution in [0, 0.1) is 0 Å². The van der Waals surface area contributed by atoms with Crippen molar-refractivity contribution in [1.82, 2.24) is 15.5 Å². The van der Waals surface area contributed by atoms with Gasteiger partial charge in [-0.1, -0.05) is 19.0 Å². The van der Waals surface area contributed by atoms with Gasteiger partial charge in [-0.15, -0.1) is 11.8 Å². The summed E-state index contributed by atoms with van der Waals surface area (Å²) in [5.74, 6) is 2.37. The molecule has 0 aliphatic heterocycles. The maximum absolute atomic E-state index is 5.33. The largest absolute Gasteiger partial charge is 0.337 e. The minimum atomic E-state index is 0.0890. The number of rotatable bonds is 7. The predicted octanol–water partition coefficient (Wildman–Crippen LogP) is 3.91. The summed E-state index contributed by atoms with van der Waals surface area (Å²) in [6.45, 7) is 7.26. The fourth-order valence-corrected chi connectivity index (χ4v) is 2.51. The molecule has 5 heteroatoms. The smallest absolute Gasteiger partial charge is 0.243 e. The molecular formula is C15H21N3OS. The van der Waals surface area contributed by atoms with Crippen molar-refractivity contribution in [1.29, 1.82) is 0 Å². The number of benzene rings is 1. The van der Waals surface area contributed by atoms with E-state index in [2.05, 4.69) is 41.4 Å². The van der Waals surface area contributed by atoms with Gasteiger partial charge in [0.25, 0.3) is 0 Å². The summed E-state index contributed by atoms with van der Waals surface area (Å²) in [6.07, 6.45) is 1.09. The van der Waals surface area contributed by atoms with Gasteiger partial charge in [-0.05, 0) is 49.9 Å². The van der Waals surface area contributed by atoms with Crippen molar-refractivity contribution in [2.24, 2.45) is 0 Å². The van der Waals surface area contributed by atoms with Crippen LogP contribution in [0.5, 0.6) is 0 Å². The van der Waals surface area contributed by atoms with E-state index >= 15 is 0 Å². The Kier molecular flexibility index (Phi) is 5.61. The summed E-state index contributed by atoms with van der Waals surface area (Å²) in [7, 11) is 0. The number of hydrogen-bond acceptors (Lipinski definition) is 5. The average molecular weight is 291 g/mol. The van der Waals surface area contributed by atoms with Crippen molar-refractivity contribution in [3.63, 3.8) is 0 Å². The van der Waals surface area contributed by atoms with E-state index in [-0.39, 0.29) is 6.04 Å². The fraction of sp³-hybridized carbons (Fsp3) is 0.467. The summed E-state index contributed by atoms with van der Waals surface area (Å²) < 4.78 is 5.33. The first-order chi connectivity index (χ1) is 9.74. The van der Waals surface area contributed by atoms with E-state index in [1.807, 2.05) is 30.8 Å². The third kappa shape index (κ3) is 3.84. The lowest BCUT2D eigenvalue weighted by Gasteiger charge is -2.06. The second-order valence-electron chi connectivity index (χ2n) is 4.59. The molecule has 0 fully saturated rings. The molecule has 0 aliphatic carbocycles. The van der Waals surface area contributed by atoms with Gasteiger partial charge in [0.15, 0.2) is 0 Å². The first kappa shape index (κ1) is 15.1. The molecular weight excluding hydrogens is 270 g/mol. The van der Waals surface area contributed by atoms with Crippen LogP contribution in [-0.4, -0.2) is 22.4 Å². The number of hydrogen-bond donors (Lipinski definition) is 1. The third-order valence-corrected chi connectivity index (χ3v) is 3.83. The molecule has 108 valence electrons. The molecule has 1 heterocycles. The van der Waals surface area contributed by atoms with Crippen molar-refractivity contribution < 1.29 is 4.52 Å². The number of nitrogens with one attached hydrogen (secondary N) is 1. The van der Waals surface area contributed by atoms with Gasteiger partial charge in [0.2, 0.25) is 11.7 Å². The molecule has 20 heavy (non-hydrogen) atoms. The standard InChI is InChI=1S/C15H21N3OS/c1-4-10-16-11(3)15-17-14(18-19-15)12-6-8-13(9-7-12)20-5-2/h6-9,11,16H,4-5,10H2,1-3H3. The molecule has 1 atom stereocenters. The molecule has 0 radical (unpaired) electrons. The molecule has 1 N–H and O–H groups in total. The van der Waals surface area contributed by atoms with Crippen LogP contribution in [0.4, 0.5) is 0 Å². The summed E-state index contributed by atoms with van der Waals surface area (Å²) >= 11 is 1.82. The van der Waals surface area contributed by atoms with Gasteiger partial charge in [-0.3, -0.25) is 0 Å². The van der Waals surface area contributed by atoms with Crippen LogP contribution in [0.2, 0.25) is 0 Å². The van der Waals surface area contributed by atoms with Crippen molar-refractivity contribution in [3.05, 3.63) is 30.2 Å². The van der Waals surface area contributed by atoms with E-state index in [9.17, 15) is 0 Å². The van der Waals surface area contributed by atoms with E-state index in [0.29, 0.717) is 11.7 Å². The minimum Gasteiger partial charge on any atom is -0.337 e. The lowest BCUT2D eigenvalue weighted by molar-refractivity contribution is 0.340. The fourth-order valence-electron chi connectivity index (χ4n) is 1.84. The molecule has 0 amide bonds. The Morgan fingerprint density at radius 2 is 2.00 bits per heavy atom. The molecule has 2 aromatic rings. The Bertz CT molecular complexity index is 524. The van der Waals surface area contributed by atoms with Crippen LogP contribution in [0.15, 0.2) is 33.7 Å². The van der Waals surface area contributed by atoms with Crippen LogP contribution in [0.3, 0.4) is 0 Å². The van der Waals surface area contributed by atoms with E-state index < -0.39 is 0 Å². The van der Waals surface area contributed by atoms with Gasteiger partial charge in [0, 0.05) is 10.5 Å².